The Hall–Kier alpha value is -2.04. The van der Waals surface area contributed by atoms with Gasteiger partial charge in [-0.1, -0.05) is 30.3 Å². The van der Waals surface area contributed by atoms with Crippen LogP contribution in [0.15, 0.2) is 48.5 Å². The van der Waals surface area contributed by atoms with Gasteiger partial charge in [-0.15, -0.1) is 0 Å². The number of para-hydroxylation sites is 1. The van der Waals surface area contributed by atoms with Gasteiger partial charge >= 0.3 is 0 Å². The van der Waals surface area contributed by atoms with E-state index in [1.165, 1.54) is 37.1 Å². The maximum absolute atomic E-state index is 5.52. The second-order valence-corrected chi connectivity index (χ2v) is 7.31. The molecule has 0 saturated carbocycles. The summed E-state index contributed by atoms with van der Waals surface area (Å²) in [6.07, 6.45) is 2.56. The van der Waals surface area contributed by atoms with Crippen molar-refractivity contribution in [3.05, 3.63) is 59.7 Å². The quantitative estimate of drug-likeness (QED) is 0.861. The third-order valence-corrected chi connectivity index (χ3v) is 5.97. The first-order valence-corrected chi connectivity index (χ1v) is 9.53. The number of methoxy groups -OCH3 is 2. The lowest BCUT2D eigenvalue weighted by molar-refractivity contribution is 0.0111. The van der Waals surface area contributed by atoms with E-state index in [1.807, 2.05) is 18.2 Å². The van der Waals surface area contributed by atoms with Crippen LogP contribution in [0, 0.1) is 5.92 Å². The number of hydrogen-bond donors (Lipinski definition) is 1. The first-order valence-electron chi connectivity index (χ1n) is 9.53. The van der Waals surface area contributed by atoms with Crippen LogP contribution in [0.1, 0.15) is 30.0 Å². The fourth-order valence-corrected chi connectivity index (χ4v) is 4.64. The average Bonchev–Trinajstić information content (AvgIpc) is 2.73. The van der Waals surface area contributed by atoms with E-state index in [0.717, 1.165) is 24.0 Å². The smallest absolute Gasteiger partial charge is 0.123 e. The number of hydrogen-bond acceptors (Lipinski definition) is 4. The highest BCUT2D eigenvalue weighted by atomic mass is 16.5. The van der Waals surface area contributed by atoms with E-state index in [0.29, 0.717) is 12.1 Å². The van der Waals surface area contributed by atoms with Gasteiger partial charge in [0.05, 0.1) is 20.3 Å². The predicted molar refractivity (Wildman–Crippen MR) is 104 cm³/mol. The number of benzene rings is 2. The van der Waals surface area contributed by atoms with Gasteiger partial charge in [-0.3, -0.25) is 4.90 Å². The molecule has 0 aromatic heterocycles. The van der Waals surface area contributed by atoms with Crippen LogP contribution in [-0.2, 0) is 6.54 Å². The van der Waals surface area contributed by atoms with Gasteiger partial charge in [0.1, 0.15) is 11.5 Å². The molecule has 26 heavy (non-hydrogen) atoms. The Balaban J connectivity index is 1.57. The lowest BCUT2D eigenvalue weighted by Crippen LogP contribution is -2.57. The zero-order valence-electron chi connectivity index (χ0n) is 15.7. The van der Waals surface area contributed by atoms with Crippen LogP contribution in [0.25, 0.3) is 0 Å². The second-order valence-electron chi connectivity index (χ2n) is 7.31. The van der Waals surface area contributed by atoms with Crippen molar-refractivity contribution in [3.63, 3.8) is 0 Å². The molecule has 0 amide bonds. The molecule has 138 valence electrons. The predicted octanol–water partition coefficient (Wildman–Crippen LogP) is 3.63. The van der Waals surface area contributed by atoms with Gasteiger partial charge in [-0.2, -0.15) is 0 Å². The Bertz CT molecular complexity index is 740. The van der Waals surface area contributed by atoms with E-state index in [4.69, 9.17) is 9.47 Å². The van der Waals surface area contributed by atoms with Crippen LogP contribution in [-0.4, -0.2) is 38.3 Å². The summed E-state index contributed by atoms with van der Waals surface area (Å²) in [7, 11) is 3.48. The molecule has 2 aromatic rings. The molecule has 4 nitrogen and oxygen atoms in total. The molecule has 0 spiro atoms. The fraction of sp³-hybridized carbons (Fsp3) is 0.455. The molecule has 3 saturated heterocycles. The standard InChI is InChI=1S/C22H28N2O2/c1-25-19-8-5-7-17(14-19)22-21(16-10-12-24(22)13-11-16)23-15-18-6-3-4-9-20(18)26-2/h3-9,14,16,21-23H,10-13,15H2,1-2H3. The Kier molecular flexibility index (Phi) is 5.14. The third kappa shape index (κ3) is 3.31. The summed E-state index contributed by atoms with van der Waals surface area (Å²) in [5.74, 6) is 2.62. The van der Waals surface area contributed by atoms with E-state index < -0.39 is 0 Å². The van der Waals surface area contributed by atoms with Crippen molar-refractivity contribution in [2.75, 3.05) is 27.3 Å². The summed E-state index contributed by atoms with van der Waals surface area (Å²) in [5.41, 5.74) is 2.57. The van der Waals surface area contributed by atoms with E-state index in [9.17, 15) is 0 Å². The third-order valence-electron chi connectivity index (χ3n) is 5.97. The Morgan fingerprint density at radius 2 is 1.81 bits per heavy atom. The molecule has 2 bridgehead atoms. The summed E-state index contributed by atoms with van der Waals surface area (Å²) in [5, 5.41) is 3.87. The van der Waals surface area contributed by atoms with Crippen molar-refractivity contribution >= 4 is 0 Å². The largest absolute Gasteiger partial charge is 0.497 e. The van der Waals surface area contributed by atoms with Crippen molar-refractivity contribution in [3.8, 4) is 11.5 Å². The molecule has 2 unspecified atom stereocenters. The molecular weight excluding hydrogens is 324 g/mol. The number of ether oxygens (including phenoxy) is 2. The molecule has 3 heterocycles. The Morgan fingerprint density at radius 3 is 2.58 bits per heavy atom. The molecule has 3 aliphatic rings. The number of nitrogens with one attached hydrogen (secondary N) is 1. The molecule has 2 atom stereocenters. The minimum atomic E-state index is 0.410. The van der Waals surface area contributed by atoms with Crippen molar-refractivity contribution in [1.82, 2.24) is 10.2 Å². The van der Waals surface area contributed by atoms with Crippen molar-refractivity contribution in [1.29, 1.82) is 0 Å². The lowest BCUT2D eigenvalue weighted by Gasteiger charge is -2.51. The highest BCUT2D eigenvalue weighted by molar-refractivity contribution is 5.34. The Morgan fingerprint density at radius 1 is 1.00 bits per heavy atom. The first kappa shape index (κ1) is 17.4. The van der Waals surface area contributed by atoms with Crippen LogP contribution >= 0.6 is 0 Å². The molecule has 3 fully saturated rings. The zero-order valence-corrected chi connectivity index (χ0v) is 15.7. The summed E-state index contributed by atoms with van der Waals surface area (Å²) < 4.78 is 11.0. The first-order chi connectivity index (χ1) is 12.8. The average molecular weight is 352 g/mol. The summed E-state index contributed by atoms with van der Waals surface area (Å²) >= 11 is 0. The van der Waals surface area contributed by atoms with E-state index in [-0.39, 0.29) is 0 Å². The zero-order chi connectivity index (χ0) is 17.9. The normalized spacial score (nSPS) is 27.3. The van der Waals surface area contributed by atoms with E-state index in [2.05, 4.69) is 40.5 Å². The topological polar surface area (TPSA) is 33.7 Å². The molecule has 5 rings (SSSR count). The highest BCUT2D eigenvalue weighted by Gasteiger charge is 2.42. The molecule has 0 aliphatic carbocycles. The van der Waals surface area contributed by atoms with Crippen LogP contribution in [0.2, 0.25) is 0 Å². The summed E-state index contributed by atoms with van der Waals surface area (Å²) in [4.78, 5) is 2.63. The van der Waals surface area contributed by atoms with Gasteiger partial charge in [-0.25, -0.2) is 0 Å². The minimum absolute atomic E-state index is 0.410. The van der Waals surface area contributed by atoms with Crippen LogP contribution < -0.4 is 14.8 Å². The SMILES string of the molecule is COc1cccc(C2C(NCc3ccccc3OC)C3CCN2CC3)c1. The van der Waals surface area contributed by atoms with Gasteiger partial charge in [0.15, 0.2) is 0 Å². The van der Waals surface area contributed by atoms with Gasteiger partial charge in [0.2, 0.25) is 0 Å². The molecule has 4 heteroatoms. The molecule has 0 radical (unpaired) electrons. The number of piperidine rings is 3. The summed E-state index contributed by atoms with van der Waals surface area (Å²) in [6, 6.07) is 17.7. The Labute approximate surface area is 156 Å². The van der Waals surface area contributed by atoms with Crippen molar-refractivity contribution < 1.29 is 9.47 Å². The summed E-state index contributed by atoms with van der Waals surface area (Å²) in [6.45, 7) is 3.22. The van der Waals surface area contributed by atoms with Gasteiger partial charge in [0, 0.05) is 18.2 Å². The van der Waals surface area contributed by atoms with Crippen molar-refractivity contribution in [2.24, 2.45) is 5.92 Å². The molecule has 2 aromatic carbocycles. The number of nitrogens with zero attached hydrogens (tertiary/aromatic N) is 1. The lowest BCUT2D eigenvalue weighted by atomic mass is 9.76. The minimum Gasteiger partial charge on any atom is -0.497 e. The fourth-order valence-electron chi connectivity index (χ4n) is 4.64. The number of fused-ring (bicyclic) bond motifs is 3. The van der Waals surface area contributed by atoms with Crippen LogP contribution in [0.5, 0.6) is 11.5 Å². The molecule has 3 aliphatic heterocycles. The maximum Gasteiger partial charge on any atom is 0.123 e. The molecule has 1 N–H and O–H groups in total. The van der Waals surface area contributed by atoms with E-state index in [1.54, 1.807) is 14.2 Å². The highest BCUT2D eigenvalue weighted by Crippen LogP contribution is 2.41. The van der Waals surface area contributed by atoms with Gasteiger partial charge in [0.25, 0.3) is 0 Å². The number of rotatable bonds is 6. The maximum atomic E-state index is 5.52. The van der Waals surface area contributed by atoms with Gasteiger partial charge < -0.3 is 14.8 Å². The second kappa shape index (κ2) is 7.68. The van der Waals surface area contributed by atoms with Crippen LogP contribution in [0.3, 0.4) is 0 Å². The monoisotopic (exact) mass is 352 g/mol. The van der Waals surface area contributed by atoms with E-state index >= 15 is 0 Å². The van der Waals surface area contributed by atoms with Crippen molar-refractivity contribution in [2.45, 2.75) is 31.5 Å². The van der Waals surface area contributed by atoms with Crippen LogP contribution in [0.4, 0.5) is 0 Å². The molecular formula is C22H28N2O2. The van der Waals surface area contributed by atoms with Gasteiger partial charge in [-0.05, 0) is 55.6 Å².